The predicted octanol–water partition coefficient (Wildman–Crippen LogP) is 4.47. The Morgan fingerprint density at radius 1 is 1.33 bits per heavy atom. The summed E-state index contributed by atoms with van der Waals surface area (Å²) < 4.78 is 5.18. The molecule has 1 atom stereocenters. The van der Waals surface area contributed by atoms with Gasteiger partial charge in [-0.25, -0.2) is 0 Å². The third kappa shape index (κ3) is 2.81. The molecule has 2 nitrogen and oxygen atoms in total. The Morgan fingerprint density at radius 2 is 1.94 bits per heavy atom. The summed E-state index contributed by atoms with van der Waals surface area (Å²) in [5.74, 6) is -0.146. The number of carbonyl (C=O) groups is 1. The van der Waals surface area contributed by atoms with Gasteiger partial charge < -0.3 is 4.74 Å². The van der Waals surface area contributed by atoms with E-state index in [2.05, 4.69) is 0 Å². The van der Waals surface area contributed by atoms with E-state index in [4.69, 9.17) is 27.9 Å². The van der Waals surface area contributed by atoms with Gasteiger partial charge in [-0.3, -0.25) is 4.79 Å². The molecule has 0 aliphatic heterocycles. The Morgan fingerprint density at radius 3 is 2.39 bits per heavy atom. The lowest BCUT2D eigenvalue weighted by Crippen LogP contribution is -2.39. The van der Waals surface area contributed by atoms with Crippen molar-refractivity contribution in [1.82, 2.24) is 0 Å². The summed E-state index contributed by atoms with van der Waals surface area (Å²) in [6, 6.07) is 5.27. The lowest BCUT2D eigenvalue weighted by atomic mass is 9.73. The van der Waals surface area contributed by atoms with Crippen molar-refractivity contribution in [3.05, 3.63) is 33.8 Å². The number of halogens is 2. The zero-order chi connectivity index (χ0) is 13.9. The summed E-state index contributed by atoms with van der Waals surface area (Å²) in [5.41, 5.74) is 0.106. The van der Waals surface area contributed by atoms with Crippen molar-refractivity contribution in [2.24, 2.45) is 5.92 Å². The normalized spacial score (nSPS) is 14.4. The second-order valence-electron chi connectivity index (χ2n) is 4.71. The number of carbonyl (C=O) groups excluding carboxylic acids is 1. The molecule has 0 amide bonds. The van der Waals surface area contributed by atoms with Crippen LogP contribution in [0.4, 0.5) is 0 Å². The summed E-state index contributed by atoms with van der Waals surface area (Å²) in [6.45, 7) is 8.00. The van der Waals surface area contributed by atoms with Crippen LogP contribution in [0.15, 0.2) is 18.2 Å². The Labute approximate surface area is 118 Å². The van der Waals surface area contributed by atoms with Crippen molar-refractivity contribution in [2.45, 2.75) is 33.1 Å². The average molecular weight is 289 g/mol. The van der Waals surface area contributed by atoms with E-state index in [9.17, 15) is 4.79 Å². The highest BCUT2D eigenvalue weighted by molar-refractivity contribution is 6.42. The van der Waals surface area contributed by atoms with Crippen molar-refractivity contribution in [3.63, 3.8) is 0 Å². The van der Waals surface area contributed by atoms with Gasteiger partial charge in [0.25, 0.3) is 0 Å². The Bertz CT molecular complexity index is 443. The summed E-state index contributed by atoms with van der Waals surface area (Å²) in [4.78, 5) is 12.2. The van der Waals surface area contributed by atoms with Gasteiger partial charge in [-0.1, -0.05) is 43.1 Å². The number of esters is 1. The average Bonchev–Trinajstić information content (AvgIpc) is 2.31. The summed E-state index contributed by atoms with van der Waals surface area (Å²) in [6.07, 6.45) is 0. The maximum absolute atomic E-state index is 12.2. The molecule has 1 unspecified atom stereocenters. The summed E-state index contributed by atoms with van der Waals surface area (Å²) >= 11 is 11.9. The third-order valence-corrected chi connectivity index (χ3v) is 4.11. The van der Waals surface area contributed by atoms with Gasteiger partial charge in [-0.2, -0.15) is 0 Å². The lowest BCUT2D eigenvalue weighted by molar-refractivity contribution is -0.151. The molecule has 0 aliphatic rings. The second kappa shape index (κ2) is 5.94. The summed E-state index contributed by atoms with van der Waals surface area (Å²) in [7, 11) is 0. The molecule has 1 aromatic carbocycles. The number of hydrogen-bond donors (Lipinski definition) is 0. The molecule has 1 rings (SSSR count). The minimum atomic E-state index is -0.718. The molecule has 0 fully saturated rings. The van der Waals surface area contributed by atoms with Gasteiger partial charge in [0.15, 0.2) is 0 Å². The van der Waals surface area contributed by atoms with E-state index in [0.29, 0.717) is 16.7 Å². The number of hydrogen-bond acceptors (Lipinski definition) is 2. The molecular weight excluding hydrogens is 271 g/mol. The molecule has 0 heterocycles. The van der Waals surface area contributed by atoms with Crippen molar-refractivity contribution in [2.75, 3.05) is 6.61 Å². The van der Waals surface area contributed by atoms with E-state index >= 15 is 0 Å². The first-order chi connectivity index (χ1) is 8.33. The van der Waals surface area contributed by atoms with Gasteiger partial charge in [0.05, 0.1) is 22.1 Å². The SMILES string of the molecule is CCOC(=O)C(C)(c1ccc(Cl)c(Cl)c1)C(C)C. The first kappa shape index (κ1) is 15.3. The molecule has 18 heavy (non-hydrogen) atoms. The smallest absolute Gasteiger partial charge is 0.316 e. The fourth-order valence-electron chi connectivity index (χ4n) is 1.79. The highest BCUT2D eigenvalue weighted by Crippen LogP contribution is 2.36. The molecule has 0 radical (unpaired) electrons. The van der Waals surface area contributed by atoms with Gasteiger partial charge in [-0.05, 0) is 37.5 Å². The standard InChI is InChI=1S/C14H18Cl2O2/c1-5-18-13(17)14(4,9(2)3)10-6-7-11(15)12(16)8-10/h6-9H,5H2,1-4H3. The molecular formula is C14H18Cl2O2. The minimum Gasteiger partial charge on any atom is -0.465 e. The molecule has 0 bridgehead atoms. The Balaban J connectivity index is 3.26. The first-order valence-corrected chi connectivity index (χ1v) is 6.72. The largest absolute Gasteiger partial charge is 0.465 e. The molecule has 0 N–H and O–H groups in total. The minimum absolute atomic E-state index is 0.0915. The van der Waals surface area contributed by atoms with Gasteiger partial charge in [0, 0.05) is 0 Å². The van der Waals surface area contributed by atoms with Crippen LogP contribution in [0.1, 0.15) is 33.3 Å². The monoisotopic (exact) mass is 288 g/mol. The van der Waals surface area contributed by atoms with Crippen molar-refractivity contribution in [3.8, 4) is 0 Å². The van der Waals surface area contributed by atoms with E-state index in [1.807, 2.05) is 26.8 Å². The van der Waals surface area contributed by atoms with Crippen molar-refractivity contribution < 1.29 is 9.53 Å². The molecule has 100 valence electrons. The van der Waals surface area contributed by atoms with Gasteiger partial charge >= 0.3 is 5.97 Å². The van der Waals surface area contributed by atoms with Gasteiger partial charge in [-0.15, -0.1) is 0 Å². The fraction of sp³-hybridized carbons (Fsp3) is 0.500. The van der Waals surface area contributed by atoms with Crippen LogP contribution < -0.4 is 0 Å². The third-order valence-electron chi connectivity index (χ3n) is 3.37. The van der Waals surface area contributed by atoms with Crippen LogP contribution in [-0.2, 0) is 14.9 Å². The Hall–Kier alpha value is -0.730. The number of benzene rings is 1. The Kier molecular flexibility index (Phi) is 5.06. The highest BCUT2D eigenvalue weighted by Gasteiger charge is 2.40. The molecule has 0 aliphatic carbocycles. The van der Waals surface area contributed by atoms with E-state index in [1.165, 1.54) is 0 Å². The van der Waals surface area contributed by atoms with Crippen LogP contribution in [-0.4, -0.2) is 12.6 Å². The van der Waals surface area contributed by atoms with Crippen LogP contribution in [0.2, 0.25) is 10.0 Å². The predicted molar refractivity (Wildman–Crippen MR) is 75.3 cm³/mol. The zero-order valence-electron chi connectivity index (χ0n) is 11.1. The van der Waals surface area contributed by atoms with Crippen LogP contribution in [0, 0.1) is 5.92 Å². The quantitative estimate of drug-likeness (QED) is 0.764. The van der Waals surface area contributed by atoms with Crippen molar-refractivity contribution >= 4 is 29.2 Å². The molecule has 0 spiro atoms. The van der Waals surface area contributed by atoms with E-state index in [-0.39, 0.29) is 11.9 Å². The number of rotatable bonds is 4. The lowest BCUT2D eigenvalue weighted by Gasteiger charge is -2.32. The molecule has 4 heteroatoms. The van der Waals surface area contributed by atoms with Gasteiger partial charge in [0.1, 0.15) is 0 Å². The van der Waals surface area contributed by atoms with Crippen LogP contribution in [0.5, 0.6) is 0 Å². The maximum atomic E-state index is 12.2. The second-order valence-corrected chi connectivity index (χ2v) is 5.52. The first-order valence-electron chi connectivity index (χ1n) is 5.96. The van der Waals surface area contributed by atoms with Crippen molar-refractivity contribution in [1.29, 1.82) is 0 Å². The fourth-order valence-corrected chi connectivity index (χ4v) is 2.09. The van der Waals surface area contributed by atoms with Crippen LogP contribution in [0.3, 0.4) is 0 Å². The van der Waals surface area contributed by atoms with Gasteiger partial charge in [0.2, 0.25) is 0 Å². The zero-order valence-corrected chi connectivity index (χ0v) is 12.6. The topological polar surface area (TPSA) is 26.3 Å². The molecule has 1 aromatic rings. The van der Waals surface area contributed by atoms with E-state index < -0.39 is 5.41 Å². The van der Waals surface area contributed by atoms with E-state index in [1.54, 1.807) is 19.1 Å². The van der Waals surface area contributed by atoms with Crippen LogP contribution in [0.25, 0.3) is 0 Å². The molecule has 0 aromatic heterocycles. The van der Waals surface area contributed by atoms with Crippen LogP contribution >= 0.6 is 23.2 Å². The number of ether oxygens (including phenoxy) is 1. The maximum Gasteiger partial charge on any atom is 0.316 e. The molecule has 0 saturated heterocycles. The van der Waals surface area contributed by atoms with E-state index in [0.717, 1.165) is 5.56 Å². The molecule has 0 saturated carbocycles. The highest BCUT2D eigenvalue weighted by atomic mass is 35.5. The summed E-state index contributed by atoms with van der Waals surface area (Å²) in [5, 5.41) is 0.931.